The van der Waals surface area contributed by atoms with Gasteiger partial charge in [0.25, 0.3) is 0 Å². The minimum absolute atomic E-state index is 0.0498. The minimum Gasteiger partial charge on any atom is -0.316 e. The number of nitrogens with one attached hydrogen (secondary N) is 1. The molecule has 0 aromatic heterocycles. The molecule has 4 rings (SSSR count). The highest BCUT2D eigenvalue weighted by Crippen LogP contribution is 2.37. The molecule has 5 heteroatoms. The Labute approximate surface area is 158 Å². The Morgan fingerprint density at radius 1 is 1.19 bits per heavy atom. The van der Waals surface area contributed by atoms with E-state index in [1.807, 2.05) is 24.3 Å². The van der Waals surface area contributed by atoms with Crippen LogP contribution in [0, 0.1) is 22.6 Å². The molecule has 0 unspecified atom stereocenters. The summed E-state index contributed by atoms with van der Waals surface area (Å²) >= 11 is 6.66. The first kappa shape index (κ1) is 17.5. The highest BCUT2D eigenvalue weighted by atomic mass is 35.5. The van der Waals surface area contributed by atoms with E-state index in [2.05, 4.69) is 10.2 Å². The number of piperidine rings is 1. The molecule has 26 heavy (non-hydrogen) atoms. The van der Waals surface area contributed by atoms with Crippen LogP contribution in [0.1, 0.15) is 24.0 Å². The van der Waals surface area contributed by atoms with E-state index in [0.717, 1.165) is 43.9 Å². The van der Waals surface area contributed by atoms with Gasteiger partial charge < -0.3 is 5.32 Å². The number of likely N-dealkylation sites (tertiary alicyclic amines) is 1. The molecule has 0 bridgehead atoms. The standard InChI is InChI=1S/C21H21ClFN3/c22-20-17(12-26-8-6-21(7-9-26)13-25-14-21)2-1-3-18(20)15-4-5-16(11-24)19(23)10-15/h1-5,10,25H,6-9,12-14H2. The summed E-state index contributed by atoms with van der Waals surface area (Å²) in [5, 5.41) is 13.0. The molecule has 2 fully saturated rings. The monoisotopic (exact) mass is 369 g/mol. The molecule has 3 nitrogen and oxygen atoms in total. The van der Waals surface area contributed by atoms with E-state index in [1.54, 1.807) is 6.07 Å². The lowest BCUT2D eigenvalue weighted by Gasteiger charge is -2.48. The van der Waals surface area contributed by atoms with Crippen LogP contribution in [-0.2, 0) is 6.54 Å². The average molecular weight is 370 g/mol. The van der Waals surface area contributed by atoms with Gasteiger partial charge in [0.2, 0.25) is 0 Å². The molecule has 2 aromatic rings. The average Bonchev–Trinajstić information content (AvgIpc) is 2.63. The second kappa shape index (κ2) is 7.00. The Hall–Kier alpha value is -1.93. The molecule has 1 spiro atoms. The van der Waals surface area contributed by atoms with Gasteiger partial charge >= 0.3 is 0 Å². The van der Waals surface area contributed by atoms with Crippen molar-refractivity contribution in [2.75, 3.05) is 26.2 Å². The maximum absolute atomic E-state index is 14.0. The topological polar surface area (TPSA) is 39.1 Å². The summed E-state index contributed by atoms with van der Waals surface area (Å²) in [4.78, 5) is 2.45. The number of benzene rings is 2. The van der Waals surface area contributed by atoms with Crippen LogP contribution in [0.3, 0.4) is 0 Å². The lowest BCUT2D eigenvalue weighted by Crippen LogP contribution is -2.58. The number of rotatable bonds is 3. The molecule has 0 radical (unpaired) electrons. The third kappa shape index (κ3) is 3.23. The van der Waals surface area contributed by atoms with Gasteiger partial charge in [0.05, 0.1) is 10.6 Å². The van der Waals surface area contributed by atoms with Crippen molar-refractivity contribution in [1.29, 1.82) is 5.26 Å². The molecule has 2 aromatic carbocycles. The van der Waals surface area contributed by atoms with Crippen LogP contribution in [0.2, 0.25) is 5.02 Å². The molecule has 2 aliphatic rings. The normalized spacial score (nSPS) is 19.1. The minimum atomic E-state index is -0.512. The van der Waals surface area contributed by atoms with Crippen molar-refractivity contribution in [2.45, 2.75) is 19.4 Å². The second-order valence-electron chi connectivity index (χ2n) is 7.46. The molecule has 2 aliphatic heterocycles. The lowest BCUT2D eigenvalue weighted by atomic mass is 9.73. The Balaban J connectivity index is 1.53. The summed E-state index contributed by atoms with van der Waals surface area (Å²) in [6, 6.07) is 12.4. The Bertz CT molecular complexity index is 860. The molecule has 0 amide bonds. The molecule has 2 saturated heterocycles. The molecule has 2 heterocycles. The number of halogens is 2. The first-order chi connectivity index (χ1) is 12.6. The van der Waals surface area contributed by atoms with Gasteiger partial charge in [0, 0.05) is 25.2 Å². The molecule has 0 aliphatic carbocycles. The molecule has 0 saturated carbocycles. The van der Waals surface area contributed by atoms with Crippen molar-refractivity contribution in [1.82, 2.24) is 10.2 Å². The highest BCUT2D eigenvalue weighted by molar-refractivity contribution is 6.34. The predicted molar refractivity (Wildman–Crippen MR) is 101 cm³/mol. The third-order valence-electron chi connectivity index (χ3n) is 5.79. The summed E-state index contributed by atoms with van der Waals surface area (Å²) < 4.78 is 14.0. The van der Waals surface area contributed by atoms with Crippen LogP contribution in [0.4, 0.5) is 4.39 Å². The number of hydrogen-bond donors (Lipinski definition) is 1. The zero-order chi connectivity index (χ0) is 18.1. The van der Waals surface area contributed by atoms with Gasteiger partial charge in [0.15, 0.2) is 0 Å². The fourth-order valence-electron chi connectivity index (χ4n) is 3.96. The van der Waals surface area contributed by atoms with Gasteiger partial charge in [-0.1, -0.05) is 35.9 Å². The van der Waals surface area contributed by atoms with E-state index in [1.165, 1.54) is 25.0 Å². The summed E-state index contributed by atoms with van der Waals surface area (Å²) in [7, 11) is 0. The largest absolute Gasteiger partial charge is 0.316 e. The Kier molecular flexibility index (Phi) is 4.71. The summed E-state index contributed by atoms with van der Waals surface area (Å²) in [5.74, 6) is -0.512. The maximum Gasteiger partial charge on any atom is 0.141 e. The SMILES string of the molecule is N#Cc1ccc(-c2cccc(CN3CCC4(CC3)CNC4)c2Cl)cc1F. The number of nitriles is 1. The predicted octanol–water partition coefficient (Wildman–Crippen LogP) is 4.20. The van der Waals surface area contributed by atoms with Gasteiger partial charge in [-0.2, -0.15) is 5.26 Å². The van der Waals surface area contributed by atoms with E-state index < -0.39 is 5.82 Å². The van der Waals surface area contributed by atoms with E-state index in [9.17, 15) is 4.39 Å². The van der Waals surface area contributed by atoms with Crippen molar-refractivity contribution in [3.05, 3.63) is 58.4 Å². The Morgan fingerprint density at radius 3 is 2.58 bits per heavy atom. The van der Waals surface area contributed by atoms with Crippen molar-refractivity contribution in [2.24, 2.45) is 5.41 Å². The van der Waals surface area contributed by atoms with Crippen molar-refractivity contribution >= 4 is 11.6 Å². The third-order valence-corrected chi connectivity index (χ3v) is 6.24. The van der Waals surface area contributed by atoms with Gasteiger partial charge in [-0.15, -0.1) is 0 Å². The smallest absolute Gasteiger partial charge is 0.141 e. The van der Waals surface area contributed by atoms with Crippen LogP contribution >= 0.6 is 11.6 Å². The number of hydrogen-bond acceptors (Lipinski definition) is 3. The first-order valence-electron chi connectivity index (χ1n) is 9.01. The van der Waals surface area contributed by atoms with Gasteiger partial charge in [-0.25, -0.2) is 4.39 Å². The zero-order valence-corrected chi connectivity index (χ0v) is 15.3. The summed E-state index contributed by atoms with van der Waals surface area (Å²) in [6.07, 6.45) is 2.47. The lowest BCUT2D eigenvalue weighted by molar-refractivity contribution is 0.0520. The van der Waals surface area contributed by atoms with E-state index in [-0.39, 0.29) is 5.56 Å². The molecule has 1 N–H and O–H groups in total. The maximum atomic E-state index is 14.0. The van der Waals surface area contributed by atoms with Gasteiger partial charge in [-0.3, -0.25) is 4.90 Å². The summed E-state index contributed by atoms with van der Waals surface area (Å²) in [5.41, 5.74) is 3.16. The van der Waals surface area contributed by atoms with Crippen LogP contribution < -0.4 is 5.32 Å². The molecule has 0 atom stereocenters. The fraction of sp³-hybridized carbons (Fsp3) is 0.381. The van der Waals surface area contributed by atoms with E-state index in [0.29, 0.717) is 16.0 Å². The fourth-order valence-corrected chi connectivity index (χ4v) is 4.25. The van der Waals surface area contributed by atoms with Crippen molar-refractivity contribution in [3.63, 3.8) is 0 Å². The van der Waals surface area contributed by atoms with Gasteiger partial charge in [-0.05, 0) is 54.6 Å². The van der Waals surface area contributed by atoms with Crippen LogP contribution in [0.5, 0.6) is 0 Å². The van der Waals surface area contributed by atoms with Crippen LogP contribution in [0.25, 0.3) is 11.1 Å². The zero-order valence-electron chi connectivity index (χ0n) is 14.6. The molecular formula is C21H21ClFN3. The van der Waals surface area contributed by atoms with Crippen molar-refractivity contribution < 1.29 is 4.39 Å². The first-order valence-corrected chi connectivity index (χ1v) is 9.39. The number of nitrogens with zero attached hydrogens (tertiary/aromatic N) is 2. The quantitative estimate of drug-likeness (QED) is 0.881. The molecule has 134 valence electrons. The molecular weight excluding hydrogens is 349 g/mol. The van der Waals surface area contributed by atoms with E-state index in [4.69, 9.17) is 16.9 Å². The van der Waals surface area contributed by atoms with Crippen LogP contribution in [0.15, 0.2) is 36.4 Å². The highest BCUT2D eigenvalue weighted by Gasteiger charge is 2.39. The van der Waals surface area contributed by atoms with Crippen LogP contribution in [-0.4, -0.2) is 31.1 Å². The van der Waals surface area contributed by atoms with Crippen molar-refractivity contribution in [3.8, 4) is 17.2 Å². The van der Waals surface area contributed by atoms with E-state index >= 15 is 0 Å². The second-order valence-corrected chi connectivity index (χ2v) is 7.84. The van der Waals surface area contributed by atoms with Gasteiger partial charge in [0.1, 0.15) is 11.9 Å². The summed E-state index contributed by atoms with van der Waals surface area (Å²) in [6.45, 7) is 5.30. The Morgan fingerprint density at radius 2 is 1.96 bits per heavy atom.